The number of methoxy groups -OCH3 is 1. The van der Waals surface area contributed by atoms with Gasteiger partial charge in [0.25, 0.3) is 0 Å². The van der Waals surface area contributed by atoms with Crippen LogP contribution in [0.25, 0.3) is 0 Å². The third-order valence-electron chi connectivity index (χ3n) is 3.72. The summed E-state index contributed by atoms with van der Waals surface area (Å²) in [7, 11) is 1.42. The lowest BCUT2D eigenvalue weighted by molar-refractivity contribution is -0.290. The summed E-state index contributed by atoms with van der Waals surface area (Å²) in [5.74, 6) is -2.40. The number of urea groups is 1. The molecule has 3 atom stereocenters. The normalized spacial score (nSPS) is 27.8. The zero-order valence-electron chi connectivity index (χ0n) is 12.3. The first kappa shape index (κ1) is 17.1. The van der Waals surface area contributed by atoms with Crippen molar-refractivity contribution in [2.24, 2.45) is 5.92 Å². The summed E-state index contributed by atoms with van der Waals surface area (Å²) in [5, 5.41) is 13.7. The van der Waals surface area contributed by atoms with Crippen LogP contribution in [0.3, 0.4) is 0 Å². The largest absolute Gasteiger partial charge is 0.497 e. The molecule has 1 aliphatic heterocycles. The van der Waals surface area contributed by atoms with Crippen LogP contribution in [0.2, 0.25) is 0 Å². The number of benzene rings is 1. The minimum absolute atomic E-state index is 0.239. The lowest BCUT2D eigenvalue weighted by Crippen LogP contribution is -2.72. The molecule has 23 heavy (non-hydrogen) atoms. The Labute approximate surface area is 129 Å². The highest BCUT2D eigenvalue weighted by Crippen LogP contribution is 2.42. The standard InChI is InChI=1S/C14H15F3N2O4/c1-7(20)10-11(8-3-5-9(23-2)6-4-8)18-12(21)19-13(10,22)14(15,16)17/h3-6,10-11,22H,1-2H3,(H2,18,19,21)/t10-,11+,13+/m1/s1. The number of Topliss-reactive ketones (excluding diaryl/α,β-unsaturated/α-hetero) is 1. The number of ether oxygens (including phenoxy) is 1. The number of aliphatic hydroxyl groups is 1. The zero-order valence-corrected chi connectivity index (χ0v) is 12.3. The van der Waals surface area contributed by atoms with E-state index in [1.165, 1.54) is 36.7 Å². The first-order chi connectivity index (χ1) is 10.6. The summed E-state index contributed by atoms with van der Waals surface area (Å²) in [4.78, 5) is 23.4. The SMILES string of the molecule is COc1ccc([C@@H]2NC(=O)N[C@@](O)(C(F)(F)F)[C@@H]2C(C)=O)cc1. The van der Waals surface area contributed by atoms with Crippen molar-refractivity contribution in [1.82, 2.24) is 10.6 Å². The Balaban J connectivity index is 2.51. The number of hydrogen-bond donors (Lipinski definition) is 3. The van der Waals surface area contributed by atoms with Crippen LogP contribution in [-0.4, -0.2) is 35.9 Å². The van der Waals surface area contributed by atoms with Gasteiger partial charge in [-0.15, -0.1) is 0 Å². The Bertz CT molecular complexity index is 617. The smallest absolute Gasteiger partial charge is 0.437 e. The molecule has 0 radical (unpaired) electrons. The van der Waals surface area contributed by atoms with Crippen molar-refractivity contribution in [1.29, 1.82) is 0 Å². The summed E-state index contributed by atoms with van der Waals surface area (Å²) in [5.41, 5.74) is -3.41. The zero-order chi connectivity index (χ0) is 17.4. The lowest BCUT2D eigenvalue weighted by Gasteiger charge is -2.44. The molecule has 2 rings (SSSR count). The van der Waals surface area contributed by atoms with E-state index >= 15 is 0 Å². The van der Waals surface area contributed by atoms with Gasteiger partial charge < -0.3 is 20.5 Å². The molecule has 2 amide bonds. The average Bonchev–Trinajstić information content (AvgIpc) is 2.45. The molecule has 0 saturated carbocycles. The Morgan fingerprint density at radius 3 is 2.30 bits per heavy atom. The van der Waals surface area contributed by atoms with Crippen LogP contribution in [0.1, 0.15) is 18.5 Å². The number of amides is 2. The van der Waals surface area contributed by atoms with Crippen LogP contribution in [0.15, 0.2) is 24.3 Å². The molecule has 1 aromatic rings. The molecule has 1 aliphatic rings. The predicted octanol–water partition coefficient (Wildman–Crippen LogP) is 1.51. The number of rotatable bonds is 3. The number of halogens is 3. The molecule has 0 aromatic heterocycles. The van der Waals surface area contributed by atoms with Crippen molar-refractivity contribution in [3.05, 3.63) is 29.8 Å². The number of carbonyl (C=O) groups excluding carboxylic acids is 2. The fourth-order valence-corrected chi connectivity index (χ4v) is 2.62. The van der Waals surface area contributed by atoms with Crippen molar-refractivity contribution in [2.75, 3.05) is 7.11 Å². The summed E-state index contributed by atoms with van der Waals surface area (Å²) in [6.07, 6.45) is -5.22. The van der Waals surface area contributed by atoms with E-state index in [9.17, 15) is 27.9 Å². The highest BCUT2D eigenvalue weighted by molar-refractivity contribution is 5.86. The van der Waals surface area contributed by atoms with E-state index in [4.69, 9.17) is 4.74 Å². The van der Waals surface area contributed by atoms with Crippen molar-refractivity contribution < 1.29 is 32.6 Å². The molecular formula is C14H15F3N2O4. The van der Waals surface area contributed by atoms with Gasteiger partial charge >= 0.3 is 12.2 Å². The van der Waals surface area contributed by atoms with Gasteiger partial charge in [0.1, 0.15) is 11.5 Å². The second-order valence-corrected chi connectivity index (χ2v) is 5.20. The van der Waals surface area contributed by atoms with E-state index < -0.39 is 35.7 Å². The lowest BCUT2D eigenvalue weighted by atomic mass is 9.79. The van der Waals surface area contributed by atoms with Gasteiger partial charge in [0.05, 0.1) is 19.1 Å². The molecule has 1 aromatic carbocycles. The molecular weight excluding hydrogens is 317 g/mol. The van der Waals surface area contributed by atoms with Gasteiger partial charge in [0, 0.05) is 0 Å². The minimum atomic E-state index is -5.22. The second kappa shape index (κ2) is 5.73. The maximum absolute atomic E-state index is 13.3. The van der Waals surface area contributed by atoms with Gasteiger partial charge in [-0.3, -0.25) is 4.79 Å². The van der Waals surface area contributed by atoms with Crippen molar-refractivity contribution in [3.63, 3.8) is 0 Å². The molecule has 3 N–H and O–H groups in total. The number of hydrogen-bond acceptors (Lipinski definition) is 4. The summed E-state index contributed by atoms with van der Waals surface area (Å²) >= 11 is 0. The predicted molar refractivity (Wildman–Crippen MR) is 72.6 cm³/mol. The average molecular weight is 332 g/mol. The molecule has 0 unspecified atom stereocenters. The van der Waals surface area contributed by atoms with Gasteiger partial charge in [0.2, 0.25) is 5.72 Å². The Kier molecular flexibility index (Phi) is 4.25. The molecule has 6 nitrogen and oxygen atoms in total. The number of carbonyl (C=O) groups is 2. The van der Waals surface area contributed by atoms with Gasteiger partial charge in [-0.25, -0.2) is 4.79 Å². The van der Waals surface area contributed by atoms with Crippen LogP contribution in [-0.2, 0) is 4.79 Å². The molecule has 1 saturated heterocycles. The van der Waals surface area contributed by atoms with Gasteiger partial charge in [-0.1, -0.05) is 12.1 Å². The van der Waals surface area contributed by atoms with Crippen LogP contribution in [0, 0.1) is 5.92 Å². The third-order valence-corrected chi connectivity index (χ3v) is 3.72. The highest BCUT2D eigenvalue weighted by atomic mass is 19.4. The van der Waals surface area contributed by atoms with Crippen molar-refractivity contribution in [3.8, 4) is 5.75 Å². The van der Waals surface area contributed by atoms with E-state index in [2.05, 4.69) is 5.32 Å². The van der Waals surface area contributed by atoms with Gasteiger partial charge in [0.15, 0.2) is 0 Å². The van der Waals surface area contributed by atoms with Crippen LogP contribution >= 0.6 is 0 Å². The van der Waals surface area contributed by atoms with E-state index in [1.54, 1.807) is 0 Å². The fourth-order valence-electron chi connectivity index (χ4n) is 2.62. The quantitative estimate of drug-likeness (QED) is 0.783. The Morgan fingerprint density at radius 1 is 1.30 bits per heavy atom. The molecule has 9 heteroatoms. The molecule has 126 valence electrons. The van der Waals surface area contributed by atoms with E-state index in [-0.39, 0.29) is 5.56 Å². The molecule has 0 aliphatic carbocycles. The molecule has 0 spiro atoms. The van der Waals surface area contributed by atoms with E-state index in [0.717, 1.165) is 6.92 Å². The molecule has 0 bridgehead atoms. The number of ketones is 1. The summed E-state index contributed by atoms with van der Waals surface area (Å²) < 4.78 is 44.7. The van der Waals surface area contributed by atoms with Gasteiger partial charge in [-0.2, -0.15) is 13.2 Å². The van der Waals surface area contributed by atoms with Crippen LogP contribution in [0.4, 0.5) is 18.0 Å². The monoisotopic (exact) mass is 332 g/mol. The fraction of sp³-hybridized carbons (Fsp3) is 0.429. The first-order valence-electron chi connectivity index (χ1n) is 6.62. The minimum Gasteiger partial charge on any atom is -0.497 e. The maximum Gasteiger partial charge on any atom is 0.437 e. The van der Waals surface area contributed by atoms with Crippen LogP contribution < -0.4 is 15.4 Å². The molecule has 1 fully saturated rings. The summed E-state index contributed by atoms with van der Waals surface area (Å²) in [6.45, 7) is 0.928. The summed E-state index contributed by atoms with van der Waals surface area (Å²) in [6, 6.07) is 3.24. The second-order valence-electron chi connectivity index (χ2n) is 5.20. The third kappa shape index (κ3) is 2.96. The number of alkyl halides is 3. The highest BCUT2D eigenvalue weighted by Gasteiger charge is 2.65. The Morgan fingerprint density at radius 2 is 1.87 bits per heavy atom. The van der Waals surface area contributed by atoms with Gasteiger partial charge in [-0.05, 0) is 24.6 Å². The Hall–Kier alpha value is -2.29. The number of nitrogens with one attached hydrogen (secondary N) is 2. The van der Waals surface area contributed by atoms with E-state index in [1.807, 2.05) is 0 Å². The van der Waals surface area contributed by atoms with Crippen molar-refractivity contribution >= 4 is 11.8 Å². The molecule has 1 heterocycles. The maximum atomic E-state index is 13.3. The first-order valence-corrected chi connectivity index (χ1v) is 6.62. The van der Waals surface area contributed by atoms with Crippen molar-refractivity contribution in [2.45, 2.75) is 24.9 Å². The van der Waals surface area contributed by atoms with Crippen LogP contribution in [0.5, 0.6) is 5.75 Å². The van der Waals surface area contributed by atoms with E-state index in [0.29, 0.717) is 5.75 Å². The topological polar surface area (TPSA) is 87.7 Å².